The number of benzene rings is 2. The number of ketones is 1. The van der Waals surface area contributed by atoms with Crippen molar-refractivity contribution in [1.82, 2.24) is 9.78 Å². The van der Waals surface area contributed by atoms with E-state index in [1.165, 1.54) is 20.9 Å². The second-order valence-electron chi connectivity index (χ2n) is 6.46. The van der Waals surface area contributed by atoms with Gasteiger partial charge in [0.15, 0.2) is 17.6 Å². The molecule has 0 fully saturated rings. The number of hydrogen-bond donors (Lipinski definition) is 1. The highest BCUT2D eigenvalue weighted by atomic mass is 16.5. The van der Waals surface area contributed by atoms with Gasteiger partial charge in [0.05, 0.1) is 11.1 Å². The maximum Gasteiger partial charge on any atom is 0.360 e. The van der Waals surface area contributed by atoms with E-state index in [0.717, 1.165) is 4.68 Å². The Labute approximate surface area is 166 Å². The van der Waals surface area contributed by atoms with Crippen LogP contribution in [0.5, 0.6) is 0 Å². The molecule has 1 atom stereocenters. The van der Waals surface area contributed by atoms with Gasteiger partial charge in [-0.15, -0.1) is 0 Å². The Morgan fingerprint density at radius 2 is 1.66 bits per heavy atom. The Hall–Kier alpha value is -3.81. The fourth-order valence-corrected chi connectivity index (χ4v) is 2.85. The van der Waals surface area contributed by atoms with Crippen molar-refractivity contribution in [2.24, 2.45) is 7.05 Å². The van der Waals surface area contributed by atoms with Crippen molar-refractivity contribution in [2.75, 3.05) is 5.32 Å². The van der Waals surface area contributed by atoms with Crippen molar-refractivity contribution < 1.29 is 19.1 Å². The van der Waals surface area contributed by atoms with Crippen LogP contribution in [0.15, 0.2) is 53.3 Å². The third kappa shape index (κ3) is 4.06. The Morgan fingerprint density at radius 3 is 2.34 bits per heavy atom. The van der Waals surface area contributed by atoms with Gasteiger partial charge in [0.1, 0.15) is 0 Å². The molecule has 0 spiro atoms. The molecular formula is C21H19N3O5. The number of anilines is 1. The lowest BCUT2D eigenvalue weighted by atomic mass is 10.1. The Balaban J connectivity index is 1.82. The van der Waals surface area contributed by atoms with Crippen LogP contribution in [0.2, 0.25) is 0 Å². The van der Waals surface area contributed by atoms with Crippen LogP contribution >= 0.6 is 0 Å². The van der Waals surface area contributed by atoms with Crippen molar-refractivity contribution >= 4 is 34.1 Å². The topological polar surface area (TPSA) is 107 Å². The smallest absolute Gasteiger partial charge is 0.360 e. The van der Waals surface area contributed by atoms with Gasteiger partial charge in [0, 0.05) is 18.0 Å². The average molecular weight is 393 g/mol. The molecule has 0 aliphatic carbocycles. The quantitative estimate of drug-likeness (QED) is 0.527. The van der Waals surface area contributed by atoms with Crippen molar-refractivity contribution in [3.63, 3.8) is 0 Å². The first-order chi connectivity index (χ1) is 13.8. The number of hydrogen-bond acceptors (Lipinski definition) is 6. The normalized spacial score (nSPS) is 11.7. The lowest BCUT2D eigenvalue weighted by Crippen LogP contribution is -2.32. The van der Waals surface area contributed by atoms with Crippen LogP contribution in [0, 0.1) is 0 Å². The fourth-order valence-electron chi connectivity index (χ4n) is 2.85. The van der Waals surface area contributed by atoms with Crippen LogP contribution in [-0.4, -0.2) is 33.5 Å². The monoisotopic (exact) mass is 393 g/mol. The fraction of sp³-hybridized carbons (Fsp3) is 0.190. The summed E-state index contributed by atoms with van der Waals surface area (Å²) in [5, 5.41) is 7.25. The summed E-state index contributed by atoms with van der Waals surface area (Å²) in [5.74, 6) is -1.63. The number of esters is 1. The average Bonchev–Trinajstić information content (AvgIpc) is 2.70. The molecule has 8 nitrogen and oxygen atoms in total. The molecular weight excluding hydrogens is 374 g/mol. The standard InChI is InChI=1S/C21H19N3O5/c1-12(25)14-8-6-7-11-17(14)22-19(26)13(2)29-21(28)18-15-9-4-5-10-16(15)20(27)24(3)23-18/h4-11,13H,1-3H3,(H,22,26)/t13-/m0/s1. The van der Waals surface area contributed by atoms with Gasteiger partial charge in [-0.05, 0) is 32.0 Å². The summed E-state index contributed by atoms with van der Waals surface area (Å²) in [6.07, 6.45) is -1.15. The summed E-state index contributed by atoms with van der Waals surface area (Å²) in [7, 11) is 1.43. The molecule has 0 saturated heterocycles. The summed E-state index contributed by atoms with van der Waals surface area (Å²) in [6.45, 7) is 2.80. The molecule has 2 aromatic carbocycles. The van der Waals surface area contributed by atoms with Crippen molar-refractivity contribution in [1.29, 1.82) is 0 Å². The number of carbonyl (C=O) groups excluding carboxylic acids is 3. The van der Waals surface area contributed by atoms with Crippen molar-refractivity contribution in [3.05, 3.63) is 70.1 Å². The molecule has 8 heteroatoms. The van der Waals surface area contributed by atoms with Crippen LogP contribution in [0.3, 0.4) is 0 Å². The molecule has 0 aliphatic heterocycles. The molecule has 1 aromatic heterocycles. The predicted molar refractivity (Wildman–Crippen MR) is 107 cm³/mol. The number of nitrogens with one attached hydrogen (secondary N) is 1. The summed E-state index contributed by atoms with van der Waals surface area (Å²) >= 11 is 0. The van der Waals surface area contributed by atoms with Gasteiger partial charge in [-0.2, -0.15) is 5.10 Å². The number of aryl methyl sites for hydroxylation is 1. The van der Waals surface area contributed by atoms with E-state index in [2.05, 4.69) is 10.4 Å². The van der Waals surface area contributed by atoms with E-state index in [1.807, 2.05) is 0 Å². The van der Waals surface area contributed by atoms with Gasteiger partial charge in [-0.25, -0.2) is 9.48 Å². The lowest BCUT2D eigenvalue weighted by molar-refractivity contribution is -0.123. The molecule has 0 unspecified atom stereocenters. The van der Waals surface area contributed by atoms with Gasteiger partial charge >= 0.3 is 5.97 Å². The minimum absolute atomic E-state index is 0.0634. The molecule has 0 radical (unpaired) electrons. The first-order valence-electron chi connectivity index (χ1n) is 8.87. The van der Waals surface area contributed by atoms with Crippen LogP contribution < -0.4 is 10.9 Å². The molecule has 1 amide bonds. The highest BCUT2D eigenvalue weighted by Crippen LogP contribution is 2.17. The number of rotatable bonds is 5. The second kappa shape index (κ2) is 8.05. The number of fused-ring (bicyclic) bond motifs is 1. The molecule has 3 rings (SSSR count). The molecule has 1 heterocycles. The summed E-state index contributed by atoms with van der Waals surface area (Å²) in [4.78, 5) is 49.0. The zero-order valence-electron chi connectivity index (χ0n) is 16.1. The number of para-hydroxylation sites is 1. The van der Waals surface area contributed by atoms with E-state index in [-0.39, 0.29) is 17.0 Å². The van der Waals surface area contributed by atoms with Crippen LogP contribution in [0.4, 0.5) is 5.69 Å². The van der Waals surface area contributed by atoms with Gasteiger partial charge in [0.25, 0.3) is 11.5 Å². The van der Waals surface area contributed by atoms with E-state index >= 15 is 0 Å². The molecule has 3 aromatic rings. The highest BCUT2D eigenvalue weighted by Gasteiger charge is 2.23. The zero-order chi connectivity index (χ0) is 21.1. The Morgan fingerprint density at radius 1 is 1.03 bits per heavy atom. The maximum atomic E-state index is 12.6. The first-order valence-corrected chi connectivity index (χ1v) is 8.87. The van der Waals surface area contributed by atoms with Crippen LogP contribution in [0.25, 0.3) is 10.8 Å². The minimum atomic E-state index is -1.15. The third-order valence-electron chi connectivity index (χ3n) is 4.37. The number of carbonyl (C=O) groups is 3. The molecule has 1 N–H and O–H groups in total. The number of aromatic nitrogens is 2. The summed E-state index contributed by atoms with van der Waals surface area (Å²) in [6, 6.07) is 13.1. The van der Waals surface area contributed by atoms with Gasteiger partial charge in [0.2, 0.25) is 0 Å². The second-order valence-corrected chi connectivity index (χ2v) is 6.46. The SMILES string of the molecule is CC(=O)c1ccccc1NC(=O)[C@H](C)OC(=O)c1nn(C)c(=O)c2ccccc12. The van der Waals surface area contributed by atoms with E-state index in [4.69, 9.17) is 4.74 Å². The number of Topliss-reactive ketones (excluding diaryl/α,β-unsaturated/α-hetero) is 1. The van der Waals surface area contributed by atoms with E-state index in [1.54, 1.807) is 48.5 Å². The number of ether oxygens (including phenoxy) is 1. The molecule has 0 bridgehead atoms. The molecule has 0 saturated carbocycles. The predicted octanol–water partition coefficient (Wildman–Crippen LogP) is 2.32. The largest absolute Gasteiger partial charge is 0.448 e. The van der Waals surface area contributed by atoms with Gasteiger partial charge in [-0.1, -0.05) is 30.3 Å². The van der Waals surface area contributed by atoms with Gasteiger partial charge in [-0.3, -0.25) is 14.4 Å². The van der Waals surface area contributed by atoms with Crippen LogP contribution in [0.1, 0.15) is 34.7 Å². The van der Waals surface area contributed by atoms with E-state index in [0.29, 0.717) is 22.0 Å². The number of amides is 1. The maximum absolute atomic E-state index is 12.6. The zero-order valence-corrected chi connectivity index (χ0v) is 16.1. The minimum Gasteiger partial charge on any atom is -0.448 e. The molecule has 29 heavy (non-hydrogen) atoms. The van der Waals surface area contributed by atoms with Crippen molar-refractivity contribution in [3.8, 4) is 0 Å². The van der Waals surface area contributed by atoms with Crippen LogP contribution in [-0.2, 0) is 16.6 Å². The molecule has 0 aliphatic rings. The van der Waals surface area contributed by atoms with Crippen molar-refractivity contribution in [2.45, 2.75) is 20.0 Å². The third-order valence-corrected chi connectivity index (χ3v) is 4.37. The number of nitrogens with zero attached hydrogens (tertiary/aromatic N) is 2. The van der Waals surface area contributed by atoms with E-state index in [9.17, 15) is 19.2 Å². The molecule has 148 valence electrons. The first kappa shape index (κ1) is 19.9. The summed E-state index contributed by atoms with van der Waals surface area (Å²) in [5.41, 5.74) is 0.277. The highest BCUT2D eigenvalue weighted by molar-refractivity contribution is 6.06. The van der Waals surface area contributed by atoms with E-state index < -0.39 is 18.0 Å². The Bertz CT molecular complexity index is 1180. The lowest BCUT2D eigenvalue weighted by Gasteiger charge is -2.15. The summed E-state index contributed by atoms with van der Waals surface area (Å²) < 4.78 is 6.31. The van der Waals surface area contributed by atoms with Gasteiger partial charge < -0.3 is 10.1 Å². The Kier molecular flexibility index (Phi) is 5.54.